The Hall–Kier alpha value is -1.55. The van der Waals surface area contributed by atoms with Crippen LogP contribution in [0.2, 0.25) is 0 Å². The molecule has 4 heteroatoms. The number of rotatable bonds is 5. The van der Waals surface area contributed by atoms with Crippen LogP contribution in [0, 0.1) is 13.8 Å². The largest absolute Gasteiger partial charge is 0.352 e. The fourth-order valence-corrected chi connectivity index (χ4v) is 1.42. The zero-order chi connectivity index (χ0) is 12.0. The molecule has 0 heterocycles. The Morgan fingerprint density at radius 2 is 2.00 bits per heavy atom. The summed E-state index contributed by atoms with van der Waals surface area (Å²) in [5.74, 6) is 0. The molecule has 0 saturated heterocycles. The molecule has 0 atom stereocenters. The van der Waals surface area contributed by atoms with Crippen LogP contribution in [0.1, 0.15) is 16.7 Å². The highest BCUT2D eigenvalue weighted by molar-refractivity contribution is 5.71. The Kier molecular flexibility index (Phi) is 4.79. The van der Waals surface area contributed by atoms with Crippen molar-refractivity contribution in [3.63, 3.8) is 0 Å². The minimum atomic E-state index is -0.479. The van der Waals surface area contributed by atoms with E-state index in [1.54, 1.807) is 0 Å². The average Bonchev–Trinajstić information content (AvgIpc) is 2.22. The molecule has 1 rings (SSSR count). The average molecular weight is 221 g/mol. The van der Waals surface area contributed by atoms with Crippen LogP contribution in [0.4, 0.5) is 4.79 Å². The number of primary amides is 1. The number of urea groups is 1. The SMILES string of the molecule is Cc1ccc(CNCCNC(N)=O)cc1C. The number of carbonyl (C=O) groups is 1. The van der Waals surface area contributed by atoms with E-state index in [2.05, 4.69) is 42.7 Å². The first-order valence-electron chi connectivity index (χ1n) is 5.40. The second-order valence-electron chi connectivity index (χ2n) is 3.89. The van der Waals surface area contributed by atoms with Gasteiger partial charge in [-0.25, -0.2) is 4.79 Å². The van der Waals surface area contributed by atoms with Gasteiger partial charge >= 0.3 is 6.03 Å². The Morgan fingerprint density at radius 1 is 1.25 bits per heavy atom. The van der Waals surface area contributed by atoms with E-state index < -0.39 is 6.03 Å². The second-order valence-corrected chi connectivity index (χ2v) is 3.89. The molecule has 88 valence electrons. The summed E-state index contributed by atoms with van der Waals surface area (Å²) in [6.45, 7) is 6.29. The normalized spacial score (nSPS) is 10.1. The van der Waals surface area contributed by atoms with Crippen molar-refractivity contribution in [2.24, 2.45) is 5.73 Å². The highest BCUT2D eigenvalue weighted by atomic mass is 16.2. The highest BCUT2D eigenvalue weighted by Gasteiger charge is 1.96. The van der Waals surface area contributed by atoms with Crippen LogP contribution in [0.5, 0.6) is 0 Å². The summed E-state index contributed by atoms with van der Waals surface area (Å²) < 4.78 is 0. The van der Waals surface area contributed by atoms with Crippen molar-refractivity contribution in [1.82, 2.24) is 10.6 Å². The number of hydrogen-bond donors (Lipinski definition) is 3. The van der Waals surface area contributed by atoms with Crippen molar-refractivity contribution in [3.8, 4) is 0 Å². The second kappa shape index (κ2) is 6.12. The van der Waals surface area contributed by atoms with Gasteiger partial charge in [0, 0.05) is 19.6 Å². The van der Waals surface area contributed by atoms with Crippen molar-refractivity contribution in [3.05, 3.63) is 34.9 Å². The summed E-state index contributed by atoms with van der Waals surface area (Å²) in [5, 5.41) is 5.76. The summed E-state index contributed by atoms with van der Waals surface area (Å²) in [6.07, 6.45) is 0. The fraction of sp³-hybridized carbons (Fsp3) is 0.417. The van der Waals surface area contributed by atoms with Gasteiger partial charge in [0.25, 0.3) is 0 Å². The van der Waals surface area contributed by atoms with Gasteiger partial charge in [0.05, 0.1) is 0 Å². The molecule has 1 aromatic rings. The summed E-state index contributed by atoms with van der Waals surface area (Å²) in [4.78, 5) is 10.4. The summed E-state index contributed by atoms with van der Waals surface area (Å²) in [7, 11) is 0. The van der Waals surface area contributed by atoms with E-state index in [0.717, 1.165) is 13.1 Å². The van der Waals surface area contributed by atoms with Gasteiger partial charge < -0.3 is 16.4 Å². The standard InChI is InChI=1S/C12H19N3O/c1-9-3-4-11(7-10(9)2)8-14-5-6-15-12(13)16/h3-4,7,14H,5-6,8H2,1-2H3,(H3,13,15,16). The molecule has 1 aromatic carbocycles. The predicted octanol–water partition coefficient (Wildman–Crippen LogP) is 1.06. The lowest BCUT2D eigenvalue weighted by molar-refractivity contribution is 0.249. The predicted molar refractivity (Wildman–Crippen MR) is 65.2 cm³/mol. The van der Waals surface area contributed by atoms with Crippen LogP contribution in [0.25, 0.3) is 0 Å². The maximum atomic E-state index is 10.4. The Balaban J connectivity index is 2.27. The quantitative estimate of drug-likeness (QED) is 0.651. The molecule has 4 N–H and O–H groups in total. The monoisotopic (exact) mass is 221 g/mol. The molecule has 0 bridgehead atoms. The van der Waals surface area contributed by atoms with Gasteiger partial charge in [-0.15, -0.1) is 0 Å². The molecular weight excluding hydrogens is 202 g/mol. The van der Waals surface area contributed by atoms with E-state index in [1.807, 2.05) is 0 Å². The van der Waals surface area contributed by atoms with Crippen LogP contribution in [-0.2, 0) is 6.54 Å². The molecule has 4 nitrogen and oxygen atoms in total. The van der Waals surface area contributed by atoms with Crippen molar-refractivity contribution < 1.29 is 4.79 Å². The number of hydrogen-bond acceptors (Lipinski definition) is 2. The fourth-order valence-electron chi connectivity index (χ4n) is 1.42. The Bertz CT molecular complexity index is 363. The minimum Gasteiger partial charge on any atom is -0.352 e. The Morgan fingerprint density at radius 3 is 2.62 bits per heavy atom. The van der Waals surface area contributed by atoms with Crippen LogP contribution in [0.15, 0.2) is 18.2 Å². The summed E-state index contributed by atoms with van der Waals surface area (Å²) in [6, 6.07) is 5.92. The van der Waals surface area contributed by atoms with E-state index in [-0.39, 0.29) is 0 Å². The topological polar surface area (TPSA) is 67.2 Å². The first-order valence-corrected chi connectivity index (χ1v) is 5.40. The number of benzene rings is 1. The third-order valence-corrected chi connectivity index (χ3v) is 2.50. The number of aryl methyl sites for hydroxylation is 2. The van der Waals surface area contributed by atoms with Crippen molar-refractivity contribution in [2.75, 3.05) is 13.1 Å². The summed E-state index contributed by atoms with van der Waals surface area (Å²) >= 11 is 0. The molecule has 0 aliphatic rings. The maximum Gasteiger partial charge on any atom is 0.312 e. The molecule has 0 aromatic heterocycles. The number of nitrogens with two attached hydrogens (primary N) is 1. The molecule has 0 spiro atoms. The van der Waals surface area contributed by atoms with Crippen molar-refractivity contribution >= 4 is 6.03 Å². The zero-order valence-corrected chi connectivity index (χ0v) is 9.84. The minimum absolute atomic E-state index is 0.479. The van der Waals surface area contributed by atoms with Crippen molar-refractivity contribution in [2.45, 2.75) is 20.4 Å². The van der Waals surface area contributed by atoms with Crippen LogP contribution in [-0.4, -0.2) is 19.1 Å². The lowest BCUT2D eigenvalue weighted by atomic mass is 10.1. The molecule has 0 fully saturated rings. The molecule has 0 radical (unpaired) electrons. The molecular formula is C12H19N3O. The zero-order valence-electron chi connectivity index (χ0n) is 9.84. The number of carbonyl (C=O) groups excluding carboxylic acids is 1. The molecule has 2 amide bonds. The van der Waals surface area contributed by atoms with Crippen LogP contribution >= 0.6 is 0 Å². The van der Waals surface area contributed by atoms with Crippen molar-refractivity contribution in [1.29, 1.82) is 0 Å². The molecule has 16 heavy (non-hydrogen) atoms. The lowest BCUT2D eigenvalue weighted by Crippen LogP contribution is -2.35. The van der Waals surface area contributed by atoms with Gasteiger partial charge in [0.1, 0.15) is 0 Å². The third-order valence-electron chi connectivity index (χ3n) is 2.50. The molecule has 0 saturated carbocycles. The van der Waals surface area contributed by atoms with Gasteiger partial charge in [0.2, 0.25) is 0 Å². The number of amides is 2. The van der Waals surface area contributed by atoms with Crippen LogP contribution < -0.4 is 16.4 Å². The first-order chi connectivity index (χ1) is 7.59. The van der Waals surface area contributed by atoms with Crippen LogP contribution in [0.3, 0.4) is 0 Å². The van der Waals surface area contributed by atoms with Gasteiger partial charge in [-0.05, 0) is 30.5 Å². The molecule has 0 aliphatic heterocycles. The molecule has 0 unspecified atom stereocenters. The van der Waals surface area contributed by atoms with Gasteiger partial charge in [0.15, 0.2) is 0 Å². The maximum absolute atomic E-state index is 10.4. The smallest absolute Gasteiger partial charge is 0.312 e. The van der Waals surface area contributed by atoms with Gasteiger partial charge in [-0.3, -0.25) is 0 Å². The molecule has 0 aliphatic carbocycles. The van der Waals surface area contributed by atoms with Gasteiger partial charge in [-0.2, -0.15) is 0 Å². The first kappa shape index (κ1) is 12.5. The van der Waals surface area contributed by atoms with Gasteiger partial charge in [-0.1, -0.05) is 18.2 Å². The van der Waals surface area contributed by atoms with E-state index in [1.165, 1.54) is 16.7 Å². The van der Waals surface area contributed by atoms with E-state index >= 15 is 0 Å². The number of nitrogens with one attached hydrogen (secondary N) is 2. The third kappa shape index (κ3) is 4.31. The van der Waals surface area contributed by atoms with E-state index in [0.29, 0.717) is 6.54 Å². The van der Waals surface area contributed by atoms with E-state index in [9.17, 15) is 4.79 Å². The highest BCUT2D eigenvalue weighted by Crippen LogP contribution is 2.09. The Labute approximate surface area is 96.2 Å². The lowest BCUT2D eigenvalue weighted by Gasteiger charge is -2.07. The van der Waals surface area contributed by atoms with E-state index in [4.69, 9.17) is 5.73 Å². The summed E-state index contributed by atoms with van der Waals surface area (Å²) in [5.41, 5.74) is 8.80.